The molecule has 1 rings (SSSR count). The van der Waals surface area contributed by atoms with Gasteiger partial charge in [0.1, 0.15) is 0 Å². The average molecular weight is 316 g/mol. The molecular formula is C11H10F6N2O2. The maximum atomic E-state index is 12.6. The van der Waals surface area contributed by atoms with E-state index in [4.69, 9.17) is 0 Å². The lowest BCUT2D eigenvalue weighted by molar-refractivity contribution is -0.143. The molecule has 0 fully saturated rings. The van der Waals surface area contributed by atoms with Crippen LogP contribution in [0.25, 0.3) is 0 Å². The summed E-state index contributed by atoms with van der Waals surface area (Å²) < 4.78 is 75.4. The number of alkyl halides is 6. The lowest BCUT2D eigenvalue weighted by atomic mass is 10.0. The highest BCUT2D eigenvalue weighted by Crippen LogP contribution is 2.36. The Bertz CT molecular complexity index is 480. The van der Waals surface area contributed by atoms with Crippen LogP contribution in [0.2, 0.25) is 0 Å². The number of amides is 2. The average Bonchev–Trinajstić information content (AvgIpc) is 2.34. The molecule has 0 atom stereocenters. The van der Waals surface area contributed by atoms with Crippen LogP contribution < -0.4 is 10.8 Å². The molecule has 0 unspecified atom stereocenters. The van der Waals surface area contributed by atoms with Crippen LogP contribution in [0.1, 0.15) is 16.7 Å². The Morgan fingerprint density at radius 3 is 1.90 bits per heavy atom. The Kier molecular flexibility index (Phi) is 5.05. The van der Waals surface area contributed by atoms with Crippen LogP contribution in [0, 0.1) is 0 Å². The molecule has 0 aromatic heterocycles. The minimum atomic E-state index is -4.93. The van der Waals surface area contributed by atoms with Gasteiger partial charge in [-0.3, -0.25) is 4.84 Å². The summed E-state index contributed by atoms with van der Waals surface area (Å²) in [6.07, 6.45) is -9.85. The summed E-state index contributed by atoms with van der Waals surface area (Å²) in [5.74, 6) is 0. The lowest BCUT2D eigenvalue weighted by Gasteiger charge is -2.14. The van der Waals surface area contributed by atoms with Gasteiger partial charge in [0.15, 0.2) is 0 Å². The number of carbonyl (C=O) groups is 1. The third-order valence-electron chi connectivity index (χ3n) is 2.30. The molecule has 4 nitrogen and oxygen atoms in total. The first-order valence-corrected chi connectivity index (χ1v) is 5.39. The van der Waals surface area contributed by atoms with Crippen LogP contribution in [0.15, 0.2) is 18.2 Å². The molecule has 0 aliphatic carbocycles. The Labute approximate surface area is 115 Å². The lowest BCUT2D eigenvalue weighted by Crippen LogP contribution is -2.34. The van der Waals surface area contributed by atoms with Crippen molar-refractivity contribution in [2.75, 3.05) is 7.11 Å². The molecule has 1 aromatic carbocycles. The van der Waals surface area contributed by atoms with E-state index in [0.29, 0.717) is 12.1 Å². The largest absolute Gasteiger partial charge is 0.416 e. The van der Waals surface area contributed by atoms with Gasteiger partial charge in [-0.1, -0.05) is 0 Å². The van der Waals surface area contributed by atoms with E-state index < -0.39 is 36.1 Å². The van der Waals surface area contributed by atoms with E-state index in [0.717, 1.165) is 7.11 Å². The van der Waals surface area contributed by atoms with Crippen LogP contribution in [0.3, 0.4) is 0 Å². The zero-order chi connectivity index (χ0) is 16.3. The second-order valence-electron chi connectivity index (χ2n) is 3.90. The summed E-state index contributed by atoms with van der Waals surface area (Å²) in [4.78, 5) is 15.2. The first kappa shape index (κ1) is 17.1. The van der Waals surface area contributed by atoms with Crippen molar-refractivity contribution < 1.29 is 36.0 Å². The third-order valence-corrected chi connectivity index (χ3v) is 2.30. The Morgan fingerprint density at radius 2 is 1.52 bits per heavy atom. The summed E-state index contributed by atoms with van der Waals surface area (Å²) in [6, 6.07) is 0.173. The fourth-order valence-electron chi connectivity index (χ4n) is 1.43. The summed E-state index contributed by atoms with van der Waals surface area (Å²) in [5.41, 5.74) is -1.42. The maximum Gasteiger partial charge on any atom is 0.416 e. The zero-order valence-corrected chi connectivity index (χ0v) is 10.5. The highest BCUT2D eigenvalue weighted by molar-refractivity contribution is 5.72. The summed E-state index contributed by atoms with van der Waals surface area (Å²) in [7, 11) is 1.12. The smallest absolute Gasteiger partial charge is 0.332 e. The van der Waals surface area contributed by atoms with Crippen LogP contribution in [0.4, 0.5) is 31.1 Å². The predicted octanol–water partition coefficient (Wildman–Crippen LogP) is 3.08. The van der Waals surface area contributed by atoms with E-state index in [1.807, 2.05) is 10.8 Å². The summed E-state index contributed by atoms with van der Waals surface area (Å²) in [5, 5.41) is 2.05. The molecule has 0 bridgehead atoms. The number of nitrogens with one attached hydrogen (secondary N) is 2. The Morgan fingerprint density at radius 1 is 1.05 bits per heavy atom. The van der Waals surface area contributed by atoms with E-state index in [1.54, 1.807) is 0 Å². The number of urea groups is 1. The monoisotopic (exact) mass is 316 g/mol. The van der Waals surface area contributed by atoms with Gasteiger partial charge in [-0.05, 0) is 23.8 Å². The quantitative estimate of drug-likeness (QED) is 0.665. The second kappa shape index (κ2) is 6.20. The summed E-state index contributed by atoms with van der Waals surface area (Å²) in [6.45, 7) is -0.526. The molecule has 0 saturated carbocycles. The molecule has 21 heavy (non-hydrogen) atoms. The third kappa shape index (κ3) is 5.14. The van der Waals surface area contributed by atoms with E-state index in [-0.39, 0.29) is 11.6 Å². The maximum absolute atomic E-state index is 12.6. The number of benzene rings is 1. The number of rotatable bonds is 3. The standard InChI is InChI=1S/C11H10F6N2O2/c1-21-19-9(20)18-5-6-2-7(10(12,13)14)4-8(3-6)11(15,16)17/h2-4H,5H2,1H3,(H2,18,19,20). The molecule has 0 radical (unpaired) electrons. The van der Waals surface area contributed by atoms with Crippen LogP contribution in [0.5, 0.6) is 0 Å². The minimum absolute atomic E-state index is 0.0126. The van der Waals surface area contributed by atoms with Crippen molar-refractivity contribution in [3.05, 3.63) is 34.9 Å². The molecule has 10 heteroatoms. The topological polar surface area (TPSA) is 50.4 Å². The highest BCUT2D eigenvalue weighted by Gasteiger charge is 2.36. The Balaban J connectivity index is 3.06. The molecular weight excluding hydrogens is 306 g/mol. The van der Waals surface area contributed by atoms with Crippen molar-refractivity contribution in [1.29, 1.82) is 0 Å². The fraction of sp³-hybridized carbons (Fsp3) is 0.364. The van der Waals surface area contributed by atoms with Gasteiger partial charge in [-0.25, -0.2) is 10.3 Å². The number of hydrogen-bond donors (Lipinski definition) is 2. The van der Waals surface area contributed by atoms with E-state index in [2.05, 4.69) is 4.84 Å². The second-order valence-corrected chi connectivity index (χ2v) is 3.90. The Hall–Kier alpha value is -1.97. The van der Waals surface area contributed by atoms with E-state index >= 15 is 0 Å². The normalized spacial score (nSPS) is 12.1. The van der Waals surface area contributed by atoms with Crippen molar-refractivity contribution in [1.82, 2.24) is 10.8 Å². The fourth-order valence-corrected chi connectivity index (χ4v) is 1.43. The first-order valence-electron chi connectivity index (χ1n) is 5.39. The molecule has 2 N–H and O–H groups in total. The van der Waals surface area contributed by atoms with Gasteiger partial charge in [0.05, 0.1) is 18.2 Å². The molecule has 0 heterocycles. The van der Waals surface area contributed by atoms with Crippen molar-refractivity contribution in [2.45, 2.75) is 18.9 Å². The first-order chi connectivity index (χ1) is 9.54. The molecule has 1 aromatic rings. The molecule has 0 saturated heterocycles. The number of hydrogen-bond acceptors (Lipinski definition) is 2. The number of halogens is 6. The molecule has 0 spiro atoms. The highest BCUT2D eigenvalue weighted by atomic mass is 19.4. The van der Waals surface area contributed by atoms with Crippen molar-refractivity contribution in [3.63, 3.8) is 0 Å². The van der Waals surface area contributed by atoms with Crippen molar-refractivity contribution in [3.8, 4) is 0 Å². The van der Waals surface area contributed by atoms with Gasteiger partial charge in [0.25, 0.3) is 0 Å². The minimum Gasteiger partial charge on any atom is -0.332 e. The van der Waals surface area contributed by atoms with Crippen LogP contribution in [-0.2, 0) is 23.7 Å². The van der Waals surface area contributed by atoms with Gasteiger partial charge in [-0.2, -0.15) is 26.3 Å². The van der Waals surface area contributed by atoms with Gasteiger partial charge in [0, 0.05) is 6.54 Å². The SMILES string of the molecule is CONC(=O)NCc1cc(C(F)(F)F)cc(C(F)(F)F)c1. The number of hydroxylamine groups is 1. The zero-order valence-electron chi connectivity index (χ0n) is 10.5. The predicted molar refractivity (Wildman–Crippen MR) is 58.8 cm³/mol. The van der Waals surface area contributed by atoms with E-state index in [1.165, 1.54) is 0 Å². The van der Waals surface area contributed by atoms with Gasteiger partial charge in [-0.15, -0.1) is 0 Å². The number of carbonyl (C=O) groups excluding carboxylic acids is 1. The van der Waals surface area contributed by atoms with Gasteiger partial charge < -0.3 is 5.32 Å². The molecule has 0 aliphatic heterocycles. The van der Waals surface area contributed by atoms with Crippen molar-refractivity contribution >= 4 is 6.03 Å². The van der Waals surface area contributed by atoms with Crippen molar-refractivity contribution in [2.24, 2.45) is 0 Å². The molecule has 2 amide bonds. The molecule has 0 aliphatic rings. The van der Waals surface area contributed by atoms with Crippen LogP contribution in [-0.4, -0.2) is 13.1 Å². The molecule has 118 valence electrons. The van der Waals surface area contributed by atoms with E-state index in [9.17, 15) is 31.1 Å². The van der Waals surface area contributed by atoms with Gasteiger partial charge >= 0.3 is 18.4 Å². The van der Waals surface area contributed by atoms with Gasteiger partial charge in [0.2, 0.25) is 0 Å². The summed E-state index contributed by atoms with van der Waals surface area (Å²) >= 11 is 0. The van der Waals surface area contributed by atoms with Crippen LogP contribution >= 0.6 is 0 Å².